The van der Waals surface area contributed by atoms with Crippen LogP contribution in [-0.4, -0.2) is 30.0 Å². The van der Waals surface area contributed by atoms with E-state index < -0.39 is 27.4 Å². The van der Waals surface area contributed by atoms with E-state index in [4.69, 9.17) is 16.3 Å². The molecule has 2 aromatic carbocycles. The summed E-state index contributed by atoms with van der Waals surface area (Å²) in [5.74, 6) is -1.19. The Morgan fingerprint density at radius 1 is 1.11 bits per heavy atom. The van der Waals surface area contributed by atoms with Gasteiger partial charge < -0.3 is 9.84 Å². The van der Waals surface area contributed by atoms with Gasteiger partial charge in [0.25, 0.3) is 10.0 Å². The number of carboxylic acid groups (broad SMARTS) is 1. The Balaban J connectivity index is 1.33. The van der Waals surface area contributed by atoms with E-state index in [1.807, 2.05) is 18.2 Å². The molecule has 0 saturated heterocycles. The van der Waals surface area contributed by atoms with E-state index in [0.717, 1.165) is 27.5 Å². The van der Waals surface area contributed by atoms with Crippen LogP contribution in [0.5, 0.6) is 5.75 Å². The Morgan fingerprint density at radius 3 is 2.64 bits per heavy atom. The summed E-state index contributed by atoms with van der Waals surface area (Å²) < 4.78 is 34.7. The van der Waals surface area contributed by atoms with Crippen LogP contribution in [-0.2, 0) is 21.4 Å². The molecular formula is C26H21ClN2O5S2. The van der Waals surface area contributed by atoms with Gasteiger partial charge in [0, 0.05) is 22.0 Å². The fourth-order valence-corrected chi connectivity index (χ4v) is 6.89. The molecule has 184 valence electrons. The van der Waals surface area contributed by atoms with Gasteiger partial charge in [-0.15, -0.1) is 11.3 Å². The van der Waals surface area contributed by atoms with E-state index in [0.29, 0.717) is 16.3 Å². The summed E-state index contributed by atoms with van der Waals surface area (Å²) in [5, 5.41) is 10.6. The average Bonchev–Trinajstić information content (AvgIpc) is 3.37. The maximum Gasteiger partial charge on any atom is 0.325 e. The molecule has 7 nitrogen and oxygen atoms in total. The van der Waals surface area contributed by atoms with Crippen molar-refractivity contribution < 1.29 is 23.1 Å². The lowest BCUT2D eigenvalue weighted by molar-refractivity contribution is -0.140. The number of pyridine rings is 1. The van der Waals surface area contributed by atoms with Gasteiger partial charge in [0.2, 0.25) is 0 Å². The maximum absolute atomic E-state index is 13.2. The van der Waals surface area contributed by atoms with Gasteiger partial charge in [-0.3, -0.25) is 9.78 Å². The van der Waals surface area contributed by atoms with Crippen LogP contribution < -0.4 is 9.46 Å². The Morgan fingerprint density at radius 2 is 1.92 bits per heavy atom. The molecule has 1 fully saturated rings. The summed E-state index contributed by atoms with van der Waals surface area (Å²) >= 11 is 7.01. The third-order valence-electron chi connectivity index (χ3n) is 6.01. The molecule has 0 bridgehead atoms. The number of halogens is 1. The van der Waals surface area contributed by atoms with E-state index in [1.54, 1.807) is 60.8 Å². The molecule has 36 heavy (non-hydrogen) atoms. The standard InChI is InChI=1S/C26H21ClN2O5S2/c27-19-9-7-17(8-10-19)23-11-12-24(35-23)36(32,33)29-26(25(30)31)15-22(26)18-4-3-6-21(14-18)34-16-20-5-1-2-13-28-20/h1-14,22,29H,15-16H2,(H,30,31)/t22-,26?/m0/s1. The summed E-state index contributed by atoms with van der Waals surface area (Å²) in [6.45, 7) is 0.264. The van der Waals surface area contributed by atoms with Crippen LogP contribution in [0.2, 0.25) is 5.02 Å². The molecule has 5 rings (SSSR count). The number of aliphatic carboxylic acids is 1. The molecule has 10 heteroatoms. The van der Waals surface area contributed by atoms with Gasteiger partial charge in [0.15, 0.2) is 0 Å². The Hall–Kier alpha value is -3.24. The molecule has 1 unspecified atom stereocenters. The normalized spacial score (nSPS) is 19.1. The molecule has 0 radical (unpaired) electrons. The number of rotatable bonds is 9. The number of thiophene rings is 1. The van der Waals surface area contributed by atoms with Gasteiger partial charge in [-0.05, 0) is 66.1 Å². The number of aromatic nitrogens is 1. The second-order valence-corrected chi connectivity index (χ2v) is 11.9. The minimum absolute atomic E-state index is 0.0474. The number of nitrogens with zero attached hydrogens (tertiary/aromatic N) is 1. The van der Waals surface area contributed by atoms with Crippen LogP contribution in [0.15, 0.2) is 89.3 Å². The van der Waals surface area contributed by atoms with E-state index in [9.17, 15) is 18.3 Å². The van der Waals surface area contributed by atoms with E-state index >= 15 is 0 Å². The third kappa shape index (κ3) is 5.01. The van der Waals surface area contributed by atoms with E-state index in [2.05, 4.69) is 9.71 Å². The third-order valence-corrected chi connectivity index (χ3v) is 9.40. The molecule has 1 aliphatic carbocycles. The topological polar surface area (TPSA) is 106 Å². The highest BCUT2D eigenvalue weighted by Gasteiger charge is 2.63. The fraction of sp³-hybridized carbons (Fsp3) is 0.154. The lowest BCUT2D eigenvalue weighted by Crippen LogP contribution is -2.44. The molecule has 2 atom stereocenters. The Kier molecular flexibility index (Phi) is 6.57. The first-order valence-electron chi connectivity index (χ1n) is 11.0. The zero-order valence-electron chi connectivity index (χ0n) is 18.8. The molecule has 0 spiro atoms. The lowest BCUT2D eigenvalue weighted by Gasteiger charge is -2.15. The second kappa shape index (κ2) is 9.67. The molecule has 1 saturated carbocycles. The lowest BCUT2D eigenvalue weighted by atomic mass is 10.1. The van der Waals surface area contributed by atoms with Crippen molar-refractivity contribution in [1.82, 2.24) is 9.71 Å². The van der Waals surface area contributed by atoms with Crippen molar-refractivity contribution in [3.05, 3.63) is 101 Å². The van der Waals surface area contributed by atoms with Crippen molar-refractivity contribution in [2.24, 2.45) is 0 Å². The minimum Gasteiger partial charge on any atom is -0.487 e. The van der Waals surface area contributed by atoms with E-state index in [-0.39, 0.29) is 17.2 Å². The van der Waals surface area contributed by atoms with Crippen LogP contribution in [0.4, 0.5) is 0 Å². The van der Waals surface area contributed by atoms with Crippen LogP contribution in [0.25, 0.3) is 10.4 Å². The van der Waals surface area contributed by atoms with Crippen molar-refractivity contribution in [3.63, 3.8) is 0 Å². The highest BCUT2D eigenvalue weighted by Crippen LogP contribution is 2.53. The number of ether oxygens (including phenoxy) is 1. The predicted octanol–water partition coefficient (Wildman–Crippen LogP) is 5.33. The summed E-state index contributed by atoms with van der Waals surface area (Å²) in [6.07, 6.45) is 1.82. The van der Waals surface area contributed by atoms with Gasteiger partial charge >= 0.3 is 5.97 Å². The number of benzene rings is 2. The van der Waals surface area contributed by atoms with Crippen LogP contribution >= 0.6 is 22.9 Å². The van der Waals surface area contributed by atoms with Crippen LogP contribution in [0.3, 0.4) is 0 Å². The van der Waals surface area contributed by atoms with Gasteiger partial charge in [0.05, 0.1) is 5.69 Å². The summed E-state index contributed by atoms with van der Waals surface area (Å²) in [7, 11) is -4.07. The number of hydrogen-bond acceptors (Lipinski definition) is 6. The zero-order valence-corrected chi connectivity index (χ0v) is 21.2. The number of carbonyl (C=O) groups is 1. The van der Waals surface area contributed by atoms with Gasteiger partial charge in [-0.1, -0.05) is 41.9 Å². The maximum atomic E-state index is 13.2. The quantitative estimate of drug-likeness (QED) is 0.297. The van der Waals surface area contributed by atoms with Crippen molar-refractivity contribution in [1.29, 1.82) is 0 Å². The largest absolute Gasteiger partial charge is 0.487 e. The fourth-order valence-electron chi connectivity index (χ4n) is 4.04. The molecule has 0 aliphatic heterocycles. The van der Waals surface area contributed by atoms with Crippen molar-refractivity contribution in [3.8, 4) is 16.2 Å². The number of sulfonamides is 1. The molecule has 1 aliphatic rings. The molecule has 0 amide bonds. The smallest absolute Gasteiger partial charge is 0.325 e. The first-order valence-corrected chi connectivity index (χ1v) is 13.7. The van der Waals surface area contributed by atoms with Crippen LogP contribution in [0.1, 0.15) is 23.6 Å². The summed E-state index contributed by atoms with van der Waals surface area (Å²) in [6, 6.07) is 22.8. The monoisotopic (exact) mass is 540 g/mol. The summed E-state index contributed by atoms with van der Waals surface area (Å²) in [4.78, 5) is 17.2. The van der Waals surface area contributed by atoms with Crippen molar-refractivity contribution in [2.45, 2.75) is 28.7 Å². The van der Waals surface area contributed by atoms with E-state index in [1.165, 1.54) is 6.07 Å². The minimum atomic E-state index is -4.07. The first-order chi connectivity index (χ1) is 17.3. The SMILES string of the molecule is O=C(O)C1(NS(=O)(=O)c2ccc(-c3ccc(Cl)cc3)s2)C[C@H]1c1cccc(OCc2ccccn2)c1. The number of hydrogen-bond donors (Lipinski definition) is 2. The zero-order chi connectivity index (χ0) is 25.3. The highest BCUT2D eigenvalue weighted by atomic mass is 35.5. The predicted molar refractivity (Wildman–Crippen MR) is 138 cm³/mol. The second-order valence-electron chi connectivity index (χ2n) is 8.45. The highest BCUT2D eigenvalue weighted by molar-refractivity contribution is 7.91. The van der Waals surface area contributed by atoms with Crippen LogP contribution in [0, 0.1) is 0 Å². The first kappa shape index (κ1) is 24.5. The van der Waals surface area contributed by atoms with Gasteiger partial charge in [0.1, 0.15) is 22.1 Å². The van der Waals surface area contributed by atoms with Crippen molar-refractivity contribution >= 4 is 38.9 Å². The Bertz CT molecular complexity index is 1510. The molecule has 2 N–H and O–H groups in total. The number of carboxylic acids is 1. The molecular weight excluding hydrogens is 520 g/mol. The average molecular weight is 541 g/mol. The molecule has 2 heterocycles. The number of nitrogens with one attached hydrogen (secondary N) is 1. The Labute approximate surface area is 217 Å². The summed E-state index contributed by atoms with van der Waals surface area (Å²) in [5.41, 5.74) is 0.649. The molecule has 4 aromatic rings. The van der Waals surface area contributed by atoms with Gasteiger partial charge in [-0.25, -0.2) is 8.42 Å². The molecule has 2 aromatic heterocycles. The van der Waals surface area contributed by atoms with Gasteiger partial charge in [-0.2, -0.15) is 4.72 Å². The van der Waals surface area contributed by atoms with Crippen molar-refractivity contribution in [2.75, 3.05) is 0 Å².